The number of amides is 2. The molecule has 0 radical (unpaired) electrons. The Labute approximate surface area is 210 Å². The third-order valence-corrected chi connectivity index (χ3v) is 5.55. The van der Waals surface area contributed by atoms with Crippen molar-refractivity contribution in [3.63, 3.8) is 0 Å². The van der Waals surface area contributed by atoms with Crippen LogP contribution in [0.5, 0.6) is 0 Å². The number of alkyl halides is 1. The Morgan fingerprint density at radius 1 is 1.14 bits per heavy atom. The Morgan fingerprint density at radius 2 is 1.94 bits per heavy atom. The molecule has 5 N–H and O–H groups in total. The van der Waals surface area contributed by atoms with Crippen LogP contribution in [0.15, 0.2) is 48.7 Å². The summed E-state index contributed by atoms with van der Waals surface area (Å²) >= 11 is 5.89. The topological polar surface area (TPSA) is 118 Å². The number of nitrogens with two attached hydrogens (primary N) is 1. The molecule has 0 saturated carbocycles. The van der Waals surface area contributed by atoms with Crippen LogP contribution in [0, 0.1) is 11.6 Å². The number of rotatable bonds is 11. The third-order valence-electron chi connectivity index (χ3n) is 5.12. The molecular weight excluding hydrogens is 499 g/mol. The van der Waals surface area contributed by atoms with Crippen molar-refractivity contribution in [1.29, 1.82) is 0 Å². The van der Waals surface area contributed by atoms with Crippen molar-refractivity contribution in [2.24, 2.45) is 5.73 Å². The molecule has 0 aliphatic rings. The number of ether oxygens (including phenoxy) is 1. The van der Waals surface area contributed by atoms with Gasteiger partial charge in [0.15, 0.2) is 0 Å². The minimum absolute atomic E-state index is 0.0445. The zero-order valence-electron chi connectivity index (χ0n) is 19.1. The van der Waals surface area contributed by atoms with Crippen LogP contribution < -0.4 is 21.7 Å². The zero-order valence-corrected chi connectivity index (χ0v) is 19.8. The van der Waals surface area contributed by atoms with E-state index in [-0.39, 0.29) is 43.5 Å². The molecule has 3 rings (SSSR count). The molecule has 0 saturated heterocycles. The Hall–Kier alpha value is -3.41. The summed E-state index contributed by atoms with van der Waals surface area (Å²) in [5.41, 5.74) is 5.81. The highest BCUT2D eigenvalue weighted by Crippen LogP contribution is 2.19. The molecule has 36 heavy (non-hydrogen) atoms. The standard InChI is InChI=1S/C24H25ClF3N5O3/c25-23-15(2-1-3-20(23)28)10-30-12-22(34)32-19(8-18(27)9-29)13-36-24(35)33-21-7-16-6-17(26)5-4-14(16)11-31-21/h1-7,11,18-19,30H,8-10,12-13,29H2,(H,32,34)(H,31,33,35)/t18?,19-/m0/s1. The molecule has 192 valence electrons. The highest BCUT2D eigenvalue weighted by atomic mass is 35.5. The molecule has 2 atom stereocenters. The van der Waals surface area contributed by atoms with Gasteiger partial charge in [-0.25, -0.2) is 22.9 Å². The van der Waals surface area contributed by atoms with E-state index in [1.807, 2.05) is 0 Å². The Balaban J connectivity index is 1.51. The summed E-state index contributed by atoms with van der Waals surface area (Å²) in [6.45, 7) is -0.653. The maximum absolute atomic E-state index is 13.9. The summed E-state index contributed by atoms with van der Waals surface area (Å²) in [5, 5.41) is 8.98. The minimum atomic E-state index is -1.43. The molecule has 12 heteroatoms. The van der Waals surface area contributed by atoms with Crippen molar-refractivity contribution in [3.8, 4) is 0 Å². The van der Waals surface area contributed by atoms with Crippen molar-refractivity contribution < 1.29 is 27.5 Å². The average Bonchev–Trinajstić information content (AvgIpc) is 2.84. The van der Waals surface area contributed by atoms with Crippen LogP contribution in [-0.4, -0.2) is 48.9 Å². The Morgan fingerprint density at radius 3 is 2.72 bits per heavy atom. The molecule has 3 aromatic rings. The number of hydrogen-bond donors (Lipinski definition) is 4. The molecule has 0 fully saturated rings. The number of fused-ring (bicyclic) bond motifs is 1. The van der Waals surface area contributed by atoms with E-state index in [2.05, 4.69) is 20.9 Å². The maximum atomic E-state index is 13.9. The number of benzene rings is 2. The molecule has 8 nitrogen and oxygen atoms in total. The molecule has 0 spiro atoms. The number of aromatic nitrogens is 1. The van der Waals surface area contributed by atoms with Gasteiger partial charge in [0.25, 0.3) is 0 Å². The van der Waals surface area contributed by atoms with Crippen LogP contribution in [0.4, 0.5) is 23.8 Å². The van der Waals surface area contributed by atoms with Crippen LogP contribution in [0.25, 0.3) is 10.8 Å². The predicted octanol–water partition coefficient (Wildman–Crippen LogP) is 3.68. The van der Waals surface area contributed by atoms with Crippen LogP contribution in [0.3, 0.4) is 0 Å². The van der Waals surface area contributed by atoms with E-state index < -0.39 is 35.8 Å². The summed E-state index contributed by atoms with van der Waals surface area (Å²) in [5.74, 6) is -1.38. The average molecular weight is 524 g/mol. The second-order valence-electron chi connectivity index (χ2n) is 7.93. The quantitative estimate of drug-likeness (QED) is 0.304. The van der Waals surface area contributed by atoms with Gasteiger partial charge in [0.05, 0.1) is 17.6 Å². The fourth-order valence-electron chi connectivity index (χ4n) is 3.35. The van der Waals surface area contributed by atoms with Crippen molar-refractivity contribution >= 4 is 40.2 Å². The second kappa shape index (κ2) is 13.1. The van der Waals surface area contributed by atoms with Gasteiger partial charge in [-0.05, 0) is 41.3 Å². The first-order valence-corrected chi connectivity index (χ1v) is 11.4. The molecule has 0 bridgehead atoms. The second-order valence-corrected chi connectivity index (χ2v) is 8.31. The monoisotopic (exact) mass is 523 g/mol. The normalized spacial score (nSPS) is 12.7. The molecule has 0 aliphatic heterocycles. The number of nitrogens with zero attached hydrogens (tertiary/aromatic N) is 1. The molecular formula is C24H25ClF3N5O3. The lowest BCUT2D eigenvalue weighted by Gasteiger charge is -2.20. The molecule has 1 aromatic heterocycles. The number of halogens is 4. The summed E-state index contributed by atoms with van der Waals surface area (Å²) in [7, 11) is 0. The Kier molecular flexibility index (Phi) is 9.86. The first kappa shape index (κ1) is 27.2. The first-order valence-electron chi connectivity index (χ1n) is 11.0. The van der Waals surface area contributed by atoms with Gasteiger partial charge in [-0.2, -0.15) is 0 Å². The van der Waals surface area contributed by atoms with E-state index in [1.165, 1.54) is 36.5 Å². The van der Waals surface area contributed by atoms with Crippen molar-refractivity contribution in [3.05, 3.63) is 70.9 Å². The SMILES string of the molecule is NCC(F)C[C@@H](COC(=O)Nc1cc2cc(F)ccc2cn1)NC(=O)CNCc1cccc(F)c1Cl. The first-order chi connectivity index (χ1) is 17.2. The summed E-state index contributed by atoms with van der Waals surface area (Å²) < 4.78 is 46.0. The van der Waals surface area contributed by atoms with Gasteiger partial charge in [-0.1, -0.05) is 23.7 Å². The van der Waals surface area contributed by atoms with E-state index in [9.17, 15) is 22.8 Å². The third kappa shape index (κ3) is 8.08. The highest BCUT2D eigenvalue weighted by molar-refractivity contribution is 6.31. The summed E-state index contributed by atoms with van der Waals surface area (Å²) in [6.07, 6.45) is -1.04. The lowest BCUT2D eigenvalue weighted by atomic mass is 10.1. The van der Waals surface area contributed by atoms with Crippen LogP contribution in [-0.2, 0) is 16.1 Å². The van der Waals surface area contributed by atoms with Crippen molar-refractivity contribution in [1.82, 2.24) is 15.6 Å². The number of carbonyl (C=O) groups is 2. The van der Waals surface area contributed by atoms with Gasteiger partial charge in [0, 0.05) is 31.1 Å². The van der Waals surface area contributed by atoms with Gasteiger partial charge < -0.3 is 21.1 Å². The van der Waals surface area contributed by atoms with Crippen LogP contribution in [0.1, 0.15) is 12.0 Å². The largest absolute Gasteiger partial charge is 0.447 e. The molecule has 1 heterocycles. The van der Waals surface area contributed by atoms with Crippen molar-refractivity contribution in [2.75, 3.05) is 25.0 Å². The van der Waals surface area contributed by atoms with Crippen LogP contribution in [0.2, 0.25) is 5.02 Å². The fraction of sp³-hybridized carbons (Fsp3) is 0.292. The molecule has 2 aromatic carbocycles. The van der Waals surface area contributed by atoms with Gasteiger partial charge in [-0.3, -0.25) is 10.1 Å². The predicted molar refractivity (Wildman–Crippen MR) is 130 cm³/mol. The van der Waals surface area contributed by atoms with Gasteiger partial charge >= 0.3 is 6.09 Å². The highest BCUT2D eigenvalue weighted by Gasteiger charge is 2.20. The lowest BCUT2D eigenvalue weighted by molar-refractivity contribution is -0.121. The van der Waals surface area contributed by atoms with E-state index in [4.69, 9.17) is 22.1 Å². The zero-order chi connectivity index (χ0) is 26.1. The van der Waals surface area contributed by atoms with E-state index >= 15 is 0 Å². The van der Waals surface area contributed by atoms with E-state index in [0.29, 0.717) is 16.3 Å². The molecule has 2 amide bonds. The smallest absolute Gasteiger partial charge is 0.412 e. The molecule has 1 unspecified atom stereocenters. The van der Waals surface area contributed by atoms with Gasteiger partial charge in [0.1, 0.15) is 30.2 Å². The maximum Gasteiger partial charge on any atom is 0.412 e. The minimum Gasteiger partial charge on any atom is -0.447 e. The van der Waals surface area contributed by atoms with E-state index in [0.717, 1.165) is 0 Å². The fourth-order valence-corrected chi connectivity index (χ4v) is 3.54. The van der Waals surface area contributed by atoms with Crippen LogP contribution >= 0.6 is 11.6 Å². The Bertz CT molecular complexity index is 1220. The van der Waals surface area contributed by atoms with Gasteiger partial charge in [-0.15, -0.1) is 0 Å². The van der Waals surface area contributed by atoms with Crippen molar-refractivity contribution in [2.45, 2.75) is 25.2 Å². The van der Waals surface area contributed by atoms with Gasteiger partial charge in [0.2, 0.25) is 5.91 Å². The van der Waals surface area contributed by atoms with E-state index in [1.54, 1.807) is 12.1 Å². The number of anilines is 1. The molecule has 0 aliphatic carbocycles. The summed E-state index contributed by atoms with van der Waals surface area (Å²) in [4.78, 5) is 28.6. The number of nitrogens with one attached hydrogen (secondary N) is 3. The summed E-state index contributed by atoms with van der Waals surface area (Å²) in [6, 6.07) is 9.09. The number of hydrogen-bond acceptors (Lipinski definition) is 6. The lowest BCUT2D eigenvalue weighted by Crippen LogP contribution is -2.45. The number of pyridine rings is 1. The number of carbonyl (C=O) groups excluding carboxylic acids is 2.